The second-order valence-electron chi connectivity index (χ2n) is 6.10. The van der Waals surface area contributed by atoms with E-state index < -0.39 is 0 Å². The van der Waals surface area contributed by atoms with Gasteiger partial charge in [0.05, 0.1) is 0 Å². The van der Waals surface area contributed by atoms with E-state index >= 15 is 0 Å². The average Bonchev–Trinajstić information content (AvgIpc) is 2.50. The molecule has 3 unspecified atom stereocenters. The predicted molar refractivity (Wildman–Crippen MR) is 87.1 cm³/mol. The van der Waals surface area contributed by atoms with E-state index in [4.69, 9.17) is 11.6 Å². The maximum atomic E-state index is 14.1. The van der Waals surface area contributed by atoms with E-state index in [2.05, 4.69) is 31.0 Å². The molecule has 0 aliphatic carbocycles. The standard InChI is InChI=1S/C17H26ClFN2/c1-4-12(3)17-9-20-13(5-2)10-21(17)11-14-15(18)7-6-8-16(14)19/h6-8,12-13,17,20H,4-5,9-11H2,1-3H3. The Labute approximate surface area is 132 Å². The number of hydrogen-bond donors (Lipinski definition) is 1. The molecule has 1 aromatic rings. The number of halogens is 2. The van der Waals surface area contributed by atoms with Crippen LogP contribution in [0, 0.1) is 11.7 Å². The molecule has 3 atom stereocenters. The van der Waals surface area contributed by atoms with Gasteiger partial charge in [0.1, 0.15) is 5.82 Å². The smallest absolute Gasteiger partial charge is 0.129 e. The zero-order valence-corrected chi connectivity index (χ0v) is 14.0. The first-order valence-corrected chi connectivity index (χ1v) is 8.34. The average molecular weight is 313 g/mol. The Balaban J connectivity index is 2.19. The Morgan fingerprint density at radius 2 is 2.19 bits per heavy atom. The van der Waals surface area contributed by atoms with Crippen LogP contribution in [0.5, 0.6) is 0 Å². The van der Waals surface area contributed by atoms with Gasteiger partial charge >= 0.3 is 0 Å². The summed E-state index contributed by atoms with van der Waals surface area (Å²) in [5.74, 6) is 0.387. The third kappa shape index (κ3) is 3.97. The Morgan fingerprint density at radius 3 is 2.81 bits per heavy atom. The molecule has 118 valence electrons. The van der Waals surface area contributed by atoms with Gasteiger partial charge in [-0.05, 0) is 24.5 Å². The molecule has 0 aromatic heterocycles. The summed E-state index contributed by atoms with van der Waals surface area (Å²) in [6, 6.07) is 5.86. The molecule has 2 nitrogen and oxygen atoms in total. The summed E-state index contributed by atoms with van der Waals surface area (Å²) < 4.78 is 14.1. The van der Waals surface area contributed by atoms with Gasteiger partial charge < -0.3 is 5.32 Å². The van der Waals surface area contributed by atoms with Crippen LogP contribution in [-0.4, -0.2) is 30.1 Å². The number of nitrogens with zero attached hydrogens (tertiary/aromatic N) is 1. The molecule has 1 N–H and O–H groups in total. The molecule has 0 saturated carbocycles. The van der Waals surface area contributed by atoms with Gasteiger partial charge in [0, 0.05) is 42.3 Å². The van der Waals surface area contributed by atoms with Gasteiger partial charge in [0.2, 0.25) is 0 Å². The molecular formula is C17H26ClFN2. The predicted octanol–water partition coefficient (Wildman–Crippen LogP) is 4.08. The first-order valence-electron chi connectivity index (χ1n) is 7.97. The van der Waals surface area contributed by atoms with Crippen molar-refractivity contribution in [2.24, 2.45) is 5.92 Å². The van der Waals surface area contributed by atoms with E-state index in [1.165, 1.54) is 6.07 Å². The topological polar surface area (TPSA) is 15.3 Å². The van der Waals surface area contributed by atoms with Gasteiger partial charge in [0.15, 0.2) is 0 Å². The second kappa shape index (κ2) is 7.57. The molecule has 1 aliphatic rings. The highest BCUT2D eigenvalue weighted by Crippen LogP contribution is 2.26. The number of nitrogens with one attached hydrogen (secondary N) is 1. The number of piperazine rings is 1. The van der Waals surface area contributed by atoms with Crippen LogP contribution >= 0.6 is 11.6 Å². The Hall–Kier alpha value is -0.640. The fourth-order valence-corrected chi connectivity index (χ4v) is 3.30. The van der Waals surface area contributed by atoms with Crippen LogP contribution in [0.3, 0.4) is 0 Å². The summed E-state index contributed by atoms with van der Waals surface area (Å²) in [6.07, 6.45) is 2.22. The molecule has 4 heteroatoms. The van der Waals surface area contributed by atoms with E-state index in [-0.39, 0.29) is 5.82 Å². The van der Waals surface area contributed by atoms with Gasteiger partial charge in [-0.2, -0.15) is 0 Å². The zero-order chi connectivity index (χ0) is 15.4. The Morgan fingerprint density at radius 1 is 1.43 bits per heavy atom. The SMILES string of the molecule is CCC1CN(Cc2c(F)cccc2Cl)C(C(C)CC)CN1. The monoisotopic (exact) mass is 312 g/mol. The molecule has 2 rings (SSSR count). The highest BCUT2D eigenvalue weighted by molar-refractivity contribution is 6.31. The maximum absolute atomic E-state index is 14.1. The van der Waals surface area contributed by atoms with Crippen LogP contribution in [0.2, 0.25) is 5.02 Å². The summed E-state index contributed by atoms with van der Waals surface area (Å²) in [5, 5.41) is 4.14. The summed E-state index contributed by atoms with van der Waals surface area (Å²) in [5.41, 5.74) is 0.629. The molecule has 0 radical (unpaired) electrons. The van der Waals surface area contributed by atoms with Crippen LogP contribution in [0.1, 0.15) is 39.2 Å². The third-order valence-corrected chi connectivity index (χ3v) is 5.11. The summed E-state index contributed by atoms with van der Waals surface area (Å²) in [4.78, 5) is 2.41. The lowest BCUT2D eigenvalue weighted by Crippen LogP contribution is -2.57. The molecule has 21 heavy (non-hydrogen) atoms. The third-order valence-electron chi connectivity index (χ3n) is 4.76. The van der Waals surface area contributed by atoms with E-state index in [0.717, 1.165) is 25.9 Å². The summed E-state index contributed by atoms with van der Waals surface area (Å²) in [7, 11) is 0. The molecular weight excluding hydrogens is 287 g/mol. The second-order valence-corrected chi connectivity index (χ2v) is 6.50. The van der Waals surface area contributed by atoms with Crippen LogP contribution in [0.25, 0.3) is 0 Å². The van der Waals surface area contributed by atoms with Crippen molar-refractivity contribution in [1.82, 2.24) is 10.2 Å². The largest absolute Gasteiger partial charge is 0.311 e. The number of hydrogen-bond acceptors (Lipinski definition) is 2. The van der Waals surface area contributed by atoms with E-state index in [9.17, 15) is 4.39 Å². The molecule has 1 fully saturated rings. The lowest BCUT2D eigenvalue weighted by atomic mass is 9.93. The molecule has 0 amide bonds. The lowest BCUT2D eigenvalue weighted by molar-refractivity contribution is 0.0822. The van der Waals surface area contributed by atoms with E-state index in [1.54, 1.807) is 12.1 Å². The van der Waals surface area contributed by atoms with Gasteiger partial charge in [-0.15, -0.1) is 0 Å². The minimum Gasteiger partial charge on any atom is -0.311 e. The van der Waals surface area contributed by atoms with Crippen LogP contribution in [0.15, 0.2) is 18.2 Å². The van der Waals surface area contributed by atoms with Crippen molar-refractivity contribution >= 4 is 11.6 Å². The van der Waals surface area contributed by atoms with E-state index in [0.29, 0.717) is 35.1 Å². The number of rotatable bonds is 5. The molecule has 1 saturated heterocycles. The normalized spacial score (nSPS) is 25.0. The Bertz CT molecular complexity index is 446. The first-order chi connectivity index (χ1) is 10.1. The van der Waals surface area contributed by atoms with Gasteiger partial charge in [0.25, 0.3) is 0 Å². The van der Waals surface area contributed by atoms with Crippen LogP contribution in [0.4, 0.5) is 4.39 Å². The molecule has 0 spiro atoms. The lowest BCUT2D eigenvalue weighted by Gasteiger charge is -2.43. The first kappa shape index (κ1) is 16.7. The highest BCUT2D eigenvalue weighted by atomic mass is 35.5. The number of benzene rings is 1. The van der Waals surface area contributed by atoms with Crippen molar-refractivity contribution in [2.45, 2.75) is 52.2 Å². The highest BCUT2D eigenvalue weighted by Gasteiger charge is 2.30. The molecule has 1 heterocycles. The van der Waals surface area contributed by atoms with Gasteiger partial charge in [-0.1, -0.05) is 44.9 Å². The fraction of sp³-hybridized carbons (Fsp3) is 0.647. The Kier molecular flexibility index (Phi) is 6.03. The summed E-state index contributed by atoms with van der Waals surface area (Å²) >= 11 is 6.20. The van der Waals surface area contributed by atoms with Crippen molar-refractivity contribution < 1.29 is 4.39 Å². The van der Waals surface area contributed by atoms with Gasteiger partial charge in [-0.3, -0.25) is 4.90 Å². The van der Waals surface area contributed by atoms with Crippen molar-refractivity contribution in [2.75, 3.05) is 13.1 Å². The minimum atomic E-state index is -0.197. The quantitative estimate of drug-likeness (QED) is 0.881. The van der Waals surface area contributed by atoms with Crippen molar-refractivity contribution in [1.29, 1.82) is 0 Å². The van der Waals surface area contributed by atoms with Crippen molar-refractivity contribution in [3.63, 3.8) is 0 Å². The van der Waals surface area contributed by atoms with Crippen LogP contribution in [-0.2, 0) is 6.54 Å². The van der Waals surface area contributed by atoms with Gasteiger partial charge in [-0.25, -0.2) is 4.39 Å². The molecule has 0 bridgehead atoms. The van der Waals surface area contributed by atoms with Crippen LogP contribution < -0.4 is 5.32 Å². The molecule has 1 aliphatic heterocycles. The fourth-order valence-electron chi connectivity index (χ4n) is 3.07. The van der Waals surface area contributed by atoms with Crippen molar-refractivity contribution in [3.05, 3.63) is 34.6 Å². The minimum absolute atomic E-state index is 0.197. The van der Waals surface area contributed by atoms with E-state index in [1.807, 2.05) is 0 Å². The van der Waals surface area contributed by atoms with Crippen molar-refractivity contribution in [3.8, 4) is 0 Å². The summed E-state index contributed by atoms with van der Waals surface area (Å²) in [6.45, 7) is 9.20. The maximum Gasteiger partial charge on any atom is 0.129 e. The molecule has 1 aromatic carbocycles. The zero-order valence-electron chi connectivity index (χ0n) is 13.2.